The first-order chi connectivity index (χ1) is 12.3. The van der Waals surface area contributed by atoms with Crippen LogP contribution in [0.4, 0.5) is 4.39 Å². The summed E-state index contributed by atoms with van der Waals surface area (Å²) >= 11 is 0. The Morgan fingerprint density at radius 2 is 2.00 bits per heavy atom. The van der Waals surface area contributed by atoms with Gasteiger partial charge in [-0.25, -0.2) is 9.37 Å². The summed E-state index contributed by atoms with van der Waals surface area (Å²) in [5.41, 5.74) is 0.946. The lowest BCUT2D eigenvalue weighted by Gasteiger charge is -2.32. The van der Waals surface area contributed by atoms with E-state index in [1.165, 1.54) is 19.0 Å². The van der Waals surface area contributed by atoms with E-state index in [2.05, 4.69) is 22.1 Å². The van der Waals surface area contributed by atoms with Crippen molar-refractivity contribution in [1.82, 2.24) is 15.2 Å². The van der Waals surface area contributed by atoms with E-state index >= 15 is 0 Å². The molecule has 0 saturated carbocycles. The molecule has 5 heteroatoms. The summed E-state index contributed by atoms with van der Waals surface area (Å²) in [7, 11) is 0. The maximum atomic E-state index is 13.8. The summed E-state index contributed by atoms with van der Waals surface area (Å²) in [5.74, 6) is 0.286. The van der Waals surface area contributed by atoms with Gasteiger partial charge < -0.3 is 15.0 Å². The zero-order valence-corrected chi connectivity index (χ0v) is 14.7. The summed E-state index contributed by atoms with van der Waals surface area (Å²) in [6.07, 6.45) is 5.20. The molecular formula is C20H26FN3O. The van der Waals surface area contributed by atoms with Crippen LogP contribution in [0.3, 0.4) is 0 Å². The van der Waals surface area contributed by atoms with Crippen LogP contribution in [-0.2, 0) is 6.54 Å². The van der Waals surface area contributed by atoms with Crippen molar-refractivity contribution >= 4 is 0 Å². The molecule has 25 heavy (non-hydrogen) atoms. The van der Waals surface area contributed by atoms with Gasteiger partial charge in [0.25, 0.3) is 0 Å². The van der Waals surface area contributed by atoms with E-state index < -0.39 is 0 Å². The van der Waals surface area contributed by atoms with E-state index in [0.717, 1.165) is 31.5 Å². The van der Waals surface area contributed by atoms with E-state index in [4.69, 9.17) is 4.74 Å². The normalized spacial score (nSPS) is 16.1. The summed E-state index contributed by atoms with van der Waals surface area (Å²) in [6, 6.07) is 10.8. The number of hydrogen-bond donors (Lipinski definition) is 1. The van der Waals surface area contributed by atoms with Crippen molar-refractivity contribution in [2.24, 2.45) is 0 Å². The molecule has 0 aliphatic carbocycles. The molecule has 0 atom stereocenters. The zero-order chi connectivity index (χ0) is 17.5. The van der Waals surface area contributed by atoms with E-state index in [9.17, 15) is 4.39 Å². The van der Waals surface area contributed by atoms with E-state index in [1.807, 2.05) is 12.1 Å². The second-order valence-electron chi connectivity index (χ2n) is 6.50. The predicted molar refractivity (Wildman–Crippen MR) is 97.3 cm³/mol. The van der Waals surface area contributed by atoms with Gasteiger partial charge in [0.15, 0.2) is 11.6 Å². The maximum Gasteiger partial charge on any atom is 0.223 e. The smallest absolute Gasteiger partial charge is 0.223 e. The number of halogens is 1. The Morgan fingerprint density at radius 3 is 2.76 bits per heavy atom. The second-order valence-corrected chi connectivity index (χ2v) is 6.50. The lowest BCUT2D eigenvalue weighted by Crippen LogP contribution is -2.42. The summed E-state index contributed by atoms with van der Waals surface area (Å²) in [5, 5.41) is 3.60. The average Bonchev–Trinajstić information content (AvgIpc) is 2.64. The van der Waals surface area contributed by atoms with Crippen LogP contribution in [-0.4, -0.2) is 35.6 Å². The van der Waals surface area contributed by atoms with Gasteiger partial charge in [-0.2, -0.15) is 0 Å². The highest BCUT2D eigenvalue weighted by atomic mass is 19.1. The predicted octanol–water partition coefficient (Wildman–Crippen LogP) is 3.98. The van der Waals surface area contributed by atoms with Crippen molar-refractivity contribution in [3.05, 3.63) is 54.0 Å². The fourth-order valence-electron chi connectivity index (χ4n) is 3.21. The third kappa shape index (κ3) is 5.00. The van der Waals surface area contributed by atoms with Crippen LogP contribution in [0.5, 0.6) is 11.6 Å². The topological polar surface area (TPSA) is 37.4 Å². The number of benzene rings is 1. The van der Waals surface area contributed by atoms with Gasteiger partial charge in [-0.1, -0.05) is 25.1 Å². The van der Waals surface area contributed by atoms with Gasteiger partial charge in [0.1, 0.15) is 0 Å². The molecular weight excluding hydrogens is 317 g/mol. The van der Waals surface area contributed by atoms with Gasteiger partial charge in [0.05, 0.1) is 0 Å². The van der Waals surface area contributed by atoms with E-state index in [0.29, 0.717) is 18.5 Å². The number of para-hydroxylation sites is 1. The molecule has 1 saturated heterocycles. The third-order valence-electron chi connectivity index (χ3n) is 4.60. The van der Waals surface area contributed by atoms with Gasteiger partial charge in [-0.3, -0.25) is 0 Å². The highest BCUT2D eigenvalue weighted by Crippen LogP contribution is 2.25. The van der Waals surface area contributed by atoms with Crippen molar-refractivity contribution in [3.8, 4) is 11.6 Å². The first kappa shape index (κ1) is 17.8. The largest absolute Gasteiger partial charge is 0.436 e. The van der Waals surface area contributed by atoms with Crippen LogP contribution in [0.25, 0.3) is 0 Å². The zero-order valence-electron chi connectivity index (χ0n) is 14.7. The molecule has 0 amide bonds. The fraction of sp³-hybridized carbons (Fsp3) is 0.450. The van der Waals surface area contributed by atoms with Crippen molar-refractivity contribution in [3.63, 3.8) is 0 Å². The van der Waals surface area contributed by atoms with Crippen molar-refractivity contribution in [1.29, 1.82) is 0 Å². The Bertz CT molecular complexity index is 671. The maximum absolute atomic E-state index is 13.8. The number of nitrogens with zero attached hydrogens (tertiary/aromatic N) is 2. The molecule has 3 rings (SSSR count). The number of ether oxygens (including phenoxy) is 1. The number of likely N-dealkylation sites (tertiary alicyclic amines) is 1. The van der Waals surface area contributed by atoms with Gasteiger partial charge in [0, 0.05) is 24.3 Å². The standard InChI is InChI=1S/C20H26FN3O/c1-2-12-24-13-9-17(10-14-24)23-15-16-6-5-11-22-20(16)25-19-8-4-3-7-18(19)21/h3-8,11,17,23H,2,9-10,12-15H2,1H3. The molecule has 1 N–H and O–H groups in total. The van der Waals surface area contributed by atoms with Crippen LogP contribution >= 0.6 is 0 Å². The molecule has 4 nitrogen and oxygen atoms in total. The van der Waals surface area contributed by atoms with Gasteiger partial charge in [-0.05, 0) is 57.1 Å². The third-order valence-corrected chi connectivity index (χ3v) is 4.60. The highest BCUT2D eigenvalue weighted by Gasteiger charge is 2.18. The minimum atomic E-state index is -0.379. The SMILES string of the molecule is CCCN1CCC(NCc2cccnc2Oc2ccccc2F)CC1. The lowest BCUT2D eigenvalue weighted by molar-refractivity contribution is 0.197. The Balaban J connectivity index is 1.58. The van der Waals surface area contributed by atoms with Crippen LogP contribution in [0.2, 0.25) is 0 Å². The van der Waals surface area contributed by atoms with E-state index in [-0.39, 0.29) is 11.6 Å². The Labute approximate surface area is 149 Å². The molecule has 134 valence electrons. The quantitative estimate of drug-likeness (QED) is 0.825. The number of hydrogen-bond acceptors (Lipinski definition) is 4. The molecule has 1 aromatic heterocycles. The molecule has 0 radical (unpaired) electrons. The molecule has 1 fully saturated rings. The molecule has 0 bridgehead atoms. The van der Waals surface area contributed by atoms with Crippen LogP contribution < -0.4 is 10.1 Å². The summed E-state index contributed by atoms with van der Waals surface area (Å²) in [4.78, 5) is 6.80. The fourth-order valence-corrected chi connectivity index (χ4v) is 3.21. The first-order valence-electron chi connectivity index (χ1n) is 9.08. The van der Waals surface area contributed by atoms with Gasteiger partial charge >= 0.3 is 0 Å². The minimum absolute atomic E-state index is 0.204. The molecule has 0 spiro atoms. The second kappa shape index (κ2) is 8.92. The number of nitrogens with one attached hydrogen (secondary N) is 1. The van der Waals surface area contributed by atoms with Gasteiger partial charge in [-0.15, -0.1) is 0 Å². The summed E-state index contributed by atoms with van der Waals surface area (Å²) in [6.45, 7) is 6.39. The lowest BCUT2D eigenvalue weighted by atomic mass is 10.0. The van der Waals surface area contributed by atoms with E-state index in [1.54, 1.807) is 24.4 Å². The number of aromatic nitrogens is 1. The monoisotopic (exact) mass is 343 g/mol. The molecule has 1 aliphatic rings. The summed E-state index contributed by atoms with van der Waals surface area (Å²) < 4.78 is 19.5. The van der Waals surface area contributed by atoms with Crippen LogP contribution in [0.15, 0.2) is 42.6 Å². The molecule has 1 aromatic carbocycles. The number of rotatable bonds is 7. The van der Waals surface area contributed by atoms with Crippen LogP contribution in [0.1, 0.15) is 31.7 Å². The van der Waals surface area contributed by atoms with Crippen molar-refractivity contribution in [2.45, 2.75) is 38.8 Å². The Kier molecular flexibility index (Phi) is 6.36. The molecule has 2 heterocycles. The molecule has 0 unspecified atom stereocenters. The molecule has 2 aromatic rings. The van der Waals surface area contributed by atoms with Crippen LogP contribution in [0, 0.1) is 5.82 Å². The minimum Gasteiger partial charge on any atom is -0.436 e. The Morgan fingerprint density at radius 1 is 1.20 bits per heavy atom. The van der Waals surface area contributed by atoms with Crippen molar-refractivity contribution in [2.75, 3.05) is 19.6 Å². The van der Waals surface area contributed by atoms with Crippen molar-refractivity contribution < 1.29 is 9.13 Å². The highest BCUT2D eigenvalue weighted by molar-refractivity contribution is 5.33. The average molecular weight is 343 g/mol. The number of pyridine rings is 1. The number of piperidine rings is 1. The first-order valence-corrected chi connectivity index (χ1v) is 9.08. The van der Waals surface area contributed by atoms with Gasteiger partial charge in [0.2, 0.25) is 5.88 Å². The Hall–Kier alpha value is -1.98. The molecule has 1 aliphatic heterocycles.